The number of carbonyl (C=O) groups is 3. The maximum atomic E-state index is 12.8. The van der Waals surface area contributed by atoms with E-state index in [0.29, 0.717) is 21.8 Å². The van der Waals surface area contributed by atoms with E-state index < -0.39 is 6.04 Å². The minimum atomic E-state index is -0.570. The Balaban J connectivity index is 1.80. The summed E-state index contributed by atoms with van der Waals surface area (Å²) in [6.45, 7) is 1.45. The van der Waals surface area contributed by atoms with Crippen molar-refractivity contribution in [2.75, 3.05) is 5.32 Å². The molecule has 0 aliphatic carbocycles. The second-order valence-electron chi connectivity index (χ2n) is 6.77. The molecule has 1 unspecified atom stereocenters. The van der Waals surface area contributed by atoms with Crippen molar-refractivity contribution >= 4 is 34.9 Å². The third-order valence-corrected chi connectivity index (χ3v) is 4.93. The zero-order chi connectivity index (χ0) is 21.5. The fraction of sp³-hybridized carbons (Fsp3) is 0.125. The molecule has 0 bridgehead atoms. The first-order valence-electron chi connectivity index (χ1n) is 9.46. The number of anilines is 1. The molecule has 3 aromatic rings. The summed E-state index contributed by atoms with van der Waals surface area (Å²) in [6, 6.07) is 22.2. The van der Waals surface area contributed by atoms with Crippen LogP contribution in [0.5, 0.6) is 0 Å². The van der Waals surface area contributed by atoms with Gasteiger partial charge in [0, 0.05) is 5.56 Å². The van der Waals surface area contributed by atoms with Gasteiger partial charge in [0.15, 0.2) is 5.78 Å². The number of ketones is 1. The number of para-hydroxylation sites is 1. The Labute approximate surface area is 180 Å². The van der Waals surface area contributed by atoms with Crippen molar-refractivity contribution in [3.8, 4) is 0 Å². The highest BCUT2D eigenvalue weighted by atomic mass is 35.5. The standard InChI is InChI=1S/C24H21ClN2O3/c1-16(28)18-11-6-8-14-21(18)26-23(29)15-22(17-9-3-2-4-10-17)27-24(30)19-12-5-7-13-20(19)25/h2-14,22H,15H2,1H3,(H,26,29)(H,27,30). The molecule has 2 amide bonds. The van der Waals surface area contributed by atoms with Crippen LogP contribution in [0.15, 0.2) is 78.9 Å². The lowest BCUT2D eigenvalue weighted by Gasteiger charge is -2.20. The SMILES string of the molecule is CC(=O)c1ccccc1NC(=O)CC(NC(=O)c1ccccc1Cl)c1ccccc1. The summed E-state index contributed by atoms with van der Waals surface area (Å²) >= 11 is 6.14. The summed E-state index contributed by atoms with van der Waals surface area (Å²) < 4.78 is 0. The molecule has 3 rings (SSSR count). The van der Waals surface area contributed by atoms with Gasteiger partial charge in [0.1, 0.15) is 0 Å². The maximum absolute atomic E-state index is 12.8. The topological polar surface area (TPSA) is 75.3 Å². The van der Waals surface area contributed by atoms with Gasteiger partial charge in [-0.1, -0.05) is 66.2 Å². The molecule has 0 radical (unpaired) electrons. The lowest BCUT2D eigenvalue weighted by molar-refractivity contribution is -0.116. The van der Waals surface area contributed by atoms with Crippen molar-refractivity contribution in [2.45, 2.75) is 19.4 Å². The van der Waals surface area contributed by atoms with Crippen molar-refractivity contribution < 1.29 is 14.4 Å². The molecule has 2 N–H and O–H groups in total. The predicted octanol–water partition coefficient (Wildman–Crippen LogP) is 5.04. The van der Waals surface area contributed by atoms with Crippen molar-refractivity contribution in [3.05, 3.63) is 101 Å². The number of benzene rings is 3. The van der Waals surface area contributed by atoms with Crippen molar-refractivity contribution in [3.63, 3.8) is 0 Å². The number of hydrogen-bond donors (Lipinski definition) is 2. The van der Waals surface area contributed by atoms with E-state index in [-0.39, 0.29) is 24.0 Å². The van der Waals surface area contributed by atoms with E-state index in [4.69, 9.17) is 11.6 Å². The molecule has 0 aliphatic rings. The number of Topliss-reactive ketones (excluding diaryl/α,β-unsaturated/α-hetero) is 1. The van der Waals surface area contributed by atoms with E-state index in [1.54, 1.807) is 48.5 Å². The highest BCUT2D eigenvalue weighted by molar-refractivity contribution is 6.33. The smallest absolute Gasteiger partial charge is 0.253 e. The Morgan fingerprint density at radius 3 is 2.10 bits per heavy atom. The molecule has 0 aliphatic heterocycles. The van der Waals surface area contributed by atoms with Gasteiger partial charge in [-0.2, -0.15) is 0 Å². The molecule has 6 heteroatoms. The van der Waals surface area contributed by atoms with E-state index in [1.807, 2.05) is 30.3 Å². The number of rotatable bonds is 7. The molecule has 30 heavy (non-hydrogen) atoms. The van der Waals surface area contributed by atoms with Gasteiger partial charge in [0.25, 0.3) is 5.91 Å². The average molecular weight is 421 g/mol. The van der Waals surface area contributed by atoms with E-state index >= 15 is 0 Å². The second-order valence-corrected chi connectivity index (χ2v) is 7.18. The van der Waals surface area contributed by atoms with Gasteiger partial charge in [0.2, 0.25) is 5.91 Å². The Kier molecular flexibility index (Phi) is 6.99. The normalized spacial score (nSPS) is 11.4. The quantitative estimate of drug-likeness (QED) is 0.525. The van der Waals surface area contributed by atoms with Crippen LogP contribution in [-0.2, 0) is 4.79 Å². The van der Waals surface area contributed by atoms with Crippen LogP contribution in [-0.4, -0.2) is 17.6 Å². The number of amides is 2. The summed E-state index contributed by atoms with van der Waals surface area (Å²) in [5.74, 6) is -0.832. The first kappa shape index (κ1) is 21.3. The number of carbonyl (C=O) groups excluding carboxylic acids is 3. The molecule has 0 saturated carbocycles. The lowest BCUT2D eigenvalue weighted by Crippen LogP contribution is -2.31. The molecule has 0 aromatic heterocycles. The minimum Gasteiger partial charge on any atom is -0.345 e. The van der Waals surface area contributed by atoms with Gasteiger partial charge in [0.05, 0.1) is 28.7 Å². The Morgan fingerprint density at radius 1 is 0.833 bits per heavy atom. The summed E-state index contributed by atoms with van der Waals surface area (Å²) in [5.41, 5.74) is 2.00. The van der Waals surface area contributed by atoms with Crippen molar-refractivity contribution in [2.24, 2.45) is 0 Å². The van der Waals surface area contributed by atoms with E-state index in [2.05, 4.69) is 10.6 Å². The van der Waals surface area contributed by atoms with Gasteiger partial charge >= 0.3 is 0 Å². The van der Waals surface area contributed by atoms with E-state index in [9.17, 15) is 14.4 Å². The number of halogens is 1. The molecule has 0 saturated heterocycles. The van der Waals surface area contributed by atoms with Crippen LogP contribution in [0.2, 0.25) is 5.02 Å². The van der Waals surface area contributed by atoms with Crippen LogP contribution in [0.1, 0.15) is 45.7 Å². The minimum absolute atomic E-state index is 0.00750. The molecule has 0 spiro atoms. The fourth-order valence-corrected chi connectivity index (χ4v) is 3.33. The Hall–Kier alpha value is -3.44. The van der Waals surface area contributed by atoms with Crippen LogP contribution in [0.3, 0.4) is 0 Å². The average Bonchev–Trinajstić information content (AvgIpc) is 2.74. The monoisotopic (exact) mass is 420 g/mol. The number of hydrogen-bond acceptors (Lipinski definition) is 3. The summed E-state index contributed by atoms with van der Waals surface area (Å²) in [4.78, 5) is 37.3. The van der Waals surface area contributed by atoms with Gasteiger partial charge < -0.3 is 10.6 Å². The molecule has 1 atom stereocenters. The zero-order valence-corrected chi connectivity index (χ0v) is 17.1. The third-order valence-electron chi connectivity index (χ3n) is 4.60. The molecule has 0 fully saturated rings. The van der Waals surface area contributed by atoms with Crippen molar-refractivity contribution in [1.29, 1.82) is 0 Å². The van der Waals surface area contributed by atoms with Gasteiger partial charge in [-0.25, -0.2) is 0 Å². The molecule has 0 heterocycles. The van der Waals surface area contributed by atoms with Crippen LogP contribution in [0.25, 0.3) is 0 Å². The Morgan fingerprint density at radius 2 is 1.43 bits per heavy atom. The maximum Gasteiger partial charge on any atom is 0.253 e. The molecular weight excluding hydrogens is 400 g/mol. The summed E-state index contributed by atoms with van der Waals surface area (Å²) in [7, 11) is 0. The van der Waals surface area contributed by atoms with Gasteiger partial charge in [-0.3, -0.25) is 14.4 Å². The van der Waals surface area contributed by atoms with E-state index in [1.165, 1.54) is 6.92 Å². The first-order valence-corrected chi connectivity index (χ1v) is 9.83. The summed E-state index contributed by atoms with van der Waals surface area (Å²) in [5, 5.41) is 6.01. The number of nitrogens with one attached hydrogen (secondary N) is 2. The van der Waals surface area contributed by atoms with E-state index in [0.717, 1.165) is 5.56 Å². The molecule has 152 valence electrons. The van der Waals surface area contributed by atoms with Gasteiger partial charge in [-0.05, 0) is 36.8 Å². The van der Waals surface area contributed by atoms with Crippen LogP contribution in [0, 0.1) is 0 Å². The predicted molar refractivity (Wildman–Crippen MR) is 118 cm³/mol. The lowest BCUT2D eigenvalue weighted by atomic mass is 10.0. The van der Waals surface area contributed by atoms with Crippen LogP contribution >= 0.6 is 11.6 Å². The zero-order valence-electron chi connectivity index (χ0n) is 16.4. The first-order chi connectivity index (χ1) is 14.5. The van der Waals surface area contributed by atoms with Gasteiger partial charge in [-0.15, -0.1) is 0 Å². The highest BCUT2D eigenvalue weighted by Crippen LogP contribution is 2.22. The molecule has 5 nitrogen and oxygen atoms in total. The van der Waals surface area contributed by atoms with Crippen LogP contribution < -0.4 is 10.6 Å². The summed E-state index contributed by atoms with van der Waals surface area (Å²) in [6.07, 6.45) is -0.00750. The largest absolute Gasteiger partial charge is 0.345 e. The van der Waals surface area contributed by atoms with Crippen molar-refractivity contribution in [1.82, 2.24) is 5.32 Å². The fourth-order valence-electron chi connectivity index (χ4n) is 3.10. The highest BCUT2D eigenvalue weighted by Gasteiger charge is 2.21. The molecular formula is C24H21ClN2O3. The second kappa shape index (κ2) is 9.85. The Bertz CT molecular complexity index is 1070. The third kappa shape index (κ3) is 5.33. The van der Waals surface area contributed by atoms with Crippen LogP contribution in [0.4, 0.5) is 5.69 Å². The molecule has 3 aromatic carbocycles.